The van der Waals surface area contributed by atoms with Gasteiger partial charge in [0.25, 0.3) is 0 Å². The van der Waals surface area contributed by atoms with Crippen LogP contribution in [-0.2, 0) is 24.4 Å². The molecule has 11 nitrogen and oxygen atoms in total. The number of fused-ring (bicyclic) bond motifs is 3. The van der Waals surface area contributed by atoms with E-state index >= 15 is 0 Å². The fraction of sp³-hybridized carbons (Fsp3) is 0.516. The number of aliphatic hydroxyl groups is 1. The summed E-state index contributed by atoms with van der Waals surface area (Å²) in [6.07, 6.45) is 5.59. The van der Waals surface area contributed by atoms with Crippen molar-refractivity contribution >= 4 is 17.5 Å². The van der Waals surface area contributed by atoms with Gasteiger partial charge in [0, 0.05) is 57.7 Å². The number of hydrogen-bond donors (Lipinski definition) is 2. The van der Waals surface area contributed by atoms with Gasteiger partial charge in [-0.2, -0.15) is 0 Å². The number of nitrogens with zero attached hydrogens (tertiary/aromatic N) is 5. The summed E-state index contributed by atoms with van der Waals surface area (Å²) in [7, 11) is 0. The van der Waals surface area contributed by atoms with Crippen LogP contribution in [-0.4, -0.2) is 79.4 Å². The highest BCUT2D eigenvalue weighted by Gasteiger charge is 2.45. The molecule has 1 saturated carbocycles. The number of likely N-dealkylation sites (tertiary alicyclic amines) is 1. The second-order valence-electron chi connectivity index (χ2n) is 11.8. The molecule has 3 unspecified atom stereocenters. The van der Waals surface area contributed by atoms with E-state index in [4.69, 9.17) is 9.15 Å². The molecule has 2 N–H and O–H groups in total. The van der Waals surface area contributed by atoms with Crippen molar-refractivity contribution in [2.75, 3.05) is 25.0 Å². The average Bonchev–Trinajstić information content (AvgIpc) is 3.71. The maximum Gasteiger partial charge on any atom is 0.219 e. The number of ketones is 1. The summed E-state index contributed by atoms with van der Waals surface area (Å²) in [4.78, 5) is 41.5. The van der Waals surface area contributed by atoms with Gasteiger partial charge in [0.15, 0.2) is 17.9 Å². The Bertz CT molecular complexity index is 1440. The normalized spacial score (nSPS) is 22.2. The number of benzene rings is 1. The molecule has 1 aliphatic carbocycles. The highest BCUT2D eigenvalue weighted by Crippen LogP contribution is 2.39. The number of carbonyl (C=O) groups excluding carboxylic acids is 2. The number of rotatable bonds is 11. The fourth-order valence-corrected chi connectivity index (χ4v) is 6.56. The largest absolute Gasteiger partial charge is 0.486 e. The summed E-state index contributed by atoms with van der Waals surface area (Å²) in [6.45, 7) is 6.72. The number of ether oxygens (including phenoxy) is 1. The Kier molecular flexibility index (Phi) is 8.21. The van der Waals surface area contributed by atoms with Crippen molar-refractivity contribution in [2.24, 2.45) is 5.92 Å². The summed E-state index contributed by atoms with van der Waals surface area (Å²) in [5.74, 6) is 2.59. The van der Waals surface area contributed by atoms with Crippen molar-refractivity contribution in [2.45, 2.75) is 77.3 Å². The molecule has 0 radical (unpaired) electrons. The van der Waals surface area contributed by atoms with E-state index in [-0.39, 0.29) is 30.2 Å². The highest BCUT2D eigenvalue weighted by molar-refractivity contribution is 5.94. The molecule has 2 aromatic heterocycles. The lowest BCUT2D eigenvalue weighted by molar-refractivity contribution is -0.130. The van der Waals surface area contributed by atoms with Crippen molar-refractivity contribution in [1.82, 2.24) is 24.8 Å². The van der Waals surface area contributed by atoms with Gasteiger partial charge in [-0.15, -0.1) is 0 Å². The Labute approximate surface area is 245 Å². The first-order chi connectivity index (χ1) is 20.3. The lowest BCUT2D eigenvalue weighted by atomic mass is 9.98. The van der Waals surface area contributed by atoms with Gasteiger partial charge in [0.05, 0.1) is 11.8 Å². The minimum absolute atomic E-state index is 0.104. The third kappa shape index (κ3) is 6.32. The van der Waals surface area contributed by atoms with Gasteiger partial charge >= 0.3 is 0 Å². The average molecular weight is 575 g/mol. The van der Waals surface area contributed by atoms with E-state index in [2.05, 4.69) is 37.3 Å². The van der Waals surface area contributed by atoms with E-state index in [0.29, 0.717) is 37.0 Å². The van der Waals surface area contributed by atoms with Crippen LogP contribution in [0.2, 0.25) is 0 Å². The summed E-state index contributed by atoms with van der Waals surface area (Å²) in [5.41, 5.74) is 3.66. The van der Waals surface area contributed by atoms with Crippen LogP contribution >= 0.6 is 0 Å². The topological polar surface area (TPSA) is 134 Å². The van der Waals surface area contributed by atoms with Crippen LogP contribution in [0, 0.1) is 12.8 Å². The molecule has 2 bridgehead atoms. The van der Waals surface area contributed by atoms with Gasteiger partial charge in [-0.05, 0) is 61.8 Å². The first kappa shape index (κ1) is 28.3. The molecule has 3 aromatic rings. The first-order valence-electron chi connectivity index (χ1n) is 14.8. The van der Waals surface area contributed by atoms with Crippen LogP contribution in [0.5, 0.6) is 5.75 Å². The number of aryl methyl sites for hydroxylation is 1. The summed E-state index contributed by atoms with van der Waals surface area (Å²) in [5, 5.41) is 14.2. The van der Waals surface area contributed by atoms with Gasteiger partial charge in [-0.25, -0.2) is 15.0 Å². The summed E-state index contributed by atoms with van der Waals surface area (Å²) < 4.78 is 11.2. The van der Waals surface area contributed by atoms with E-state index in [0.717, 1.165) is 56.1 Å². The van der Waals surface area contributed by atoms with Gasteiger partial charge in [-0.3, -0.25) is 14.5 Å². The molecular weight excluding hydrogens is 536 g/mol. The third-order valence-corrected chi connectivity index (χ3v) is 8.89. The van der Waals surface area contributed by atoms with Crippen LogP contribution < -0.4 is 10.1 Å². The molecule has 2 aliphatic heterocycles. The van der Waals surface area contributed by atoms with Crippen LogP contribution in [0.4, 0.5) is 5.82 Å². The van der Waals surface area contributed by atoms with E-state index in [1.54, 1.807) is 13.0 Å². The molecule has 1 amide bonds. The number of aliphatic hydroxyl groups excluding tert-OH is 1. The first-order valence-corrected chi connectivity index (χ1v) is 14.8. The van der Waals surface area contributed by atoms with Crippen LogP contribution in [0.25, 0.3) is 0 Å². The number of amides is 1. The Morgan fingerprint density at radius 2 is 2.07 bits per heavy atom. The molecule has 4 atom stereocenters. The van der Waals surface area contributed by atoms with Crippen molar-refractivity contribution < 1.29 is 23.8 Å². The summed E-state index contributed by atoms with van der Waals surface area (Å²) >= 11 is 0. The molecule has 2 fully saturated rings. The highest BCUT2D eigenvalue weighted by atomic mass is 16.5. The van der Waals surface area contributed by atoms with E-state index in [1.165, 1.54) is 23.8 Å². The molecule has 11 heteroatoms. The smallest absolute Gasteiger partial charge is 0.219 e. The van der Waals surface area contributed by atoms with Gasteiger partial charge < -0.3 is 24.5 Å². The quantitative estimate of drug-likeness (QED) is 0.329. The predicted molar refractivity (Wildman–Crippen MR) is 154 cm³/mol. The minimum atomic E-state index is -0.610. The van der Waals surface area contributed by atoms with Crippen LogP contribution in [0.1, 0.15) is 65.7 Å². The van der Waals surface area contributed by atoms with Crippen molar-refractivity contribution in [3.8, 4) is 5.75 Å². The number of hydrogen-bond acceptors (Lipinski definition) is 10. The zero-order valence-corrected chi connectivity index (χ0v) is 24.2. The zero-order valence-electron chi connectivity index (χ0n) is 24.2. The summed E-state index contributed by atoms with van der Waals surface area (Å²) in [6, 6.07) is 8.35. The molecule has 1 aromatic carbocycles. The molecular formula is C31H38N6O5. The fourth-order valence-electron chi connectivity index (χ4n) is 6.56. The van der Waals surface area contributed by atoms with E-state index < -0.39 is 6.10 Å². The Balaban J connectivity index is 0.951. The molecule has 4 heterocycles. The number of carbonyl (C=O) groups is 2. The van der Waals surface area contributed by atoms with Crippen molar-refractivity contribution in [3.63, 3.8) is 0 Å². The Morgan fingerprint density at radius 1 is 1.19 bits per heavy atom. The van der Waals surface area contributed by atoms with Gasteiger partial charge in [0.2, 0.25) is 5.91 Å². The molecule has 1 saturated heterocycles. The molecule has 6 rings (SSSR count). The van der Waals surface area contributed by atoms with Gasteiger partial charge in [-0.1, -0.05) is 6.07 Å². The second-order valence-corrected chi connectivity index (χ2v) is 11.8. The lowest BCUT2D eigenvalue weighted by Crippen LogP contribution is -2.42. The predicted octanol–water partition coefficient (Wildman–Crippen LogP) is 3.16. The number of anilines is 1. The number of nitrogens with one attached hydrogen (secondary N) is 1. The zero-order chi connectivity index (χ0) is 29.2. The molecule has 0 spiro atoms. The molecule has 42 heavy (non-hydrogen) atoms. The monoisotopic (exact) mass is 574 g/mol. The van der Waals surface area contributed by atoms with Crippen LogP contribution in [0.3, 0.4) is 0 Å². The second kappa shape index (κ2) is 12.2. The number of aromatic nitrogens is 3. The number of piperidine rings is 1. The standard InChI is InChI=1S/C31H38N6O5/c1-19-30(42-18-34-19)16-41-26-5-3-22-13-36(8-7-21(22)10-26)15-25(39)4-6-29(40)28-12-31(33-17-32-28)35-27-11-24-9-23(27)14-37(24)20(2)38/h3,5,10,12,17-18,23-25,27,39H,4,6-9,11,13-16H2,1-2H3,(H,32,33,35)/t23?,24?,25-,27?/m0/s1. The minimum Gasteiger partial charge on any atom is -0.486 e. The van der Waals surface area contributed by atoms with Crippen molar-refractivity contribution in [3.05, 3.63) is 65.3 Å². The van der Waals surface area contributed by atoms with Crippen LogP contribution in [0.15, 0.2) is 41.4 Å². The number of β-amino-alcohol motifs (C(OH)–C–C–N with tert-alkyl or cyclic N) is 1. The van der Waals surface area contributed by atoms with Gasteiger partial charge in [0.1, 0.15) is 30.2 Å². The van der Waals surface area contributed by atoms with E-state index in [1.807, 2.05) is 17.9 Å². The maximum absolute atomic E-state index is 12.9. The molecule has 222 valence electrons. The van der Waals surface area contributed by atoms with E-state index in [9.17, 15) is 14.7 Å². The van der Waals surface area contributed by atoms with Crippen molar-refractivity contribution in [1.29, 1.82) is 0 Å². The lowest BCUT2D eigenvalue weighted by Gasteiger charge is -2.31. The number of oxazole rings is 1. The molecule has 3 aliphatic rings. The Hall–Kier alpha value is -3.83. The number of Topliss-reactive ketones (excluding diaryl/α,β-unsaturated/α-hetero) is 1. The maximum atomic E-state index is 12.9. The SMILES string of the molecule is CC(=O)N1CC2CC1CC2Nc1cc(C(=O)CC[C@H](O)CN2CCc3cc(OCc4ocnc4C)ccc3C2)ncn1. The third-order valence-electron chi connectivity index (χ3n) is 8.89. The Morgan fingerprint density at radius 3 is 2.83 bits per heavy atom.